The van der Waals surface area contributed by atoms with E-state index < -0.39 is 0 Å². The second kappa shape index (κ2) is 9.55. The van der Waals surface area contributed by atoms with Crippen LogP contribution >= 0.6 is 11.8 Å². The maximum absolute atomic E-state index is 13.5. The minimum absolute atomic E-state index is 0.0707. The fourth-order valence-electron chi connectivity index (χ4n) is 4.88. The number of aromatic hydroxyl groups is 1. The second-order valence-corrected chi connectivity index (χ2v) is 9.80. The largest absolute Gasteiger partial charge is 0.508 e. The molecular weight excluding hydrogens is 421 g/mol. The molecule has 2 aliphatic rings. The van der Waals surface area contributed by atoms with Gasteiger partial charge >= 0.3 is 0 Å². The van der Waals surface area contributed by atoms with Crippen LogP contribution in [0.15, 0.2) is 71.6 Å². The molecule has 3 nitrogen and oxygen atoms in total. The highest BCUT2D eigenvalue weighted by atomic mass is 32.2. The van der Waals surface area contributed by atoms with Crippen molar-refractivity contribution in [3.63, 3.8) is 0 Å². The van der Waals surface area contributed by atoms with Gasteiger partial charge in [0.2, 0.25) is 0 Å². The first-order chi connectivity index (χ1) is 15.7. The molecule has 0 radical (unpaired) electrons. The van der Waals surface area contributed by atoms with Gasteiger partial charge in [0.15, 0.2) is 0 Å². The lowest BCUT2D eigenvalue weighted by molar-refractivity contribution is 0.247. The normalized spacial score (nSPS) is 20.7. The quantitative estimate of drug-likeness (QED) is 0.466. The molecule has 3 aromatic rings. The Kier molecular flexibility index (Phi) is 6.37. The van der Waals surface area contributed by atoms with Crippen molar-refractivity contribution < 1.29 is 14.2 Å². The Hall–Kier alpha value is -2.50. The number of fused-ring (bicyclic) bond motifs is 1. The van der Waals surface area contributed by atoms with Crippen LogP contribution in [0.4, 0.5) is 4.39 Å². The summed E-state index contributed by atoms with van der Waals surface area (Å²) >= 11 is 1.91. The molecule has 5 rings (SSSR count). The average molecular weight is 450 g/mol. The number of hydrogen-bond donors (Lipinski definition) is 1. The van der Waals surface area contributed by atoms with Gasteiger partial charge in [0.25, 0.3) is 0 Å². The van der Waals surface area contributed by atoms with Gasteiger partial charge < -0.3 is 14.7 Å². The van der Waals surface area contributed by atoms with Crippen molar-refractivity contribution >= 4 is 11.8 Å². The lowest BCUT2D eigenvalue weighted by Crippen LogP contribution is -2.25. The Balaban J connectivity index is 1.39. The molecule has 2 atom stereocenters. The standard InChI is InChI=1S/C27H28FNO2S/c28-21-7-3-19(4-8-21)25-18-31-26-17-22(30)9-12-24(26)27(25)20-5-10-23(11-6-20)32-16-15-29-13-1-2-14-29/h3-12,17,25,27,30H,1-2,13-16,18H2. The predicted molar refractivity (Wildman–Crippen MR) is 127 cm³/mol. The fourth-order valence-corrected chi connectivity index (χ4v) is 5.79. The molecule has 1 fully saturated rings. The molecule has 0 amide bonds. The van der Waals surface area contributed by atoms with Crippen LogP contribution in [0.3, 0.4) is 0 Å². The van der Waals surface area contributed by atoms with Crippen LogP contribution in [0.5, 0.6) is 11.5 Å². The Morgan fingerprint density at radius 1 is 0.938 bits per heavy atom. The van der Waals surface area contributed by atoms with Gasteiger partial charge in [0.05, 0.1) is 6.61 Å². The molecule has 0 bridgehead atoms. The Labute approximate surface area is 193 Å². The number of hydrogen-bond acceptors (Lipinski definition) is 4. The van der Waals surface area contributed by atoms with Crippen molar-refractivity contribution in [2.24, 2.45) is 0 Å². The number of rotatable bonds is 6. The SMILES string of the molecule is Oc1ccc2c(c1)OCC(c1ccc(F)cc1)C2c1ccc(SCCN2CCCC2)cc1. The Bertz CT molecular complexity index is 1050. The number of thioether (sulfide) groups is 1. The molecule has 2 unspecified atom stereocenters. The summed E-state index contributed by atoms with van der Waals surface area (Å²) in [6.45, 7) is 4.11. The molecule has 3 aromatic carbocycles. The molecule has 5 heteroatoms. The summed E-state index contributed by atoms with van der Waals surface area (Å²) in [5.74, 6) is 1.94. The van der Waals surface area contributed by atoms with Gasteiger partial charge in [-0.25, -0.2) is 4.39 Å². The Morgan fingerprint density at radius 3 is 2.41 bits per heavy atom. The van der Waals surface area contributed by atoms with Gasteiger partial charge in [0, 0.05) is 40.7 Å². The summed E-state index contributed by atoms with van der Waals surface area (Å²) in [5.41, 5.74) is 3.32. The first-order valence-corrected chi connectivity index (χ1v) is 12.3. The highest BCUT2D eigenvalue weighted by Gasteiger charge is 2.33. The third kappa shape index (κ3) is 4.64. The third-order valence-electron chi connectivity index (χ3n) is 6.57. The topological polar surface area (TPSA) is 32.7 Å². The van der Waals surface area contributed by atoms with Crippen LogP contribution in [-0.2, 0) is 0 Å². The van der Waals surface area contributed by atoms with Gasteiger partial charge in [-0.15, -0.1) is 11.8 Å². The zero-order chi connectivity index (χ0) is 21.9. The molecule has 0 aliphatic carbocycles. The average Bonchev–Trinajstić information content (AvgIpc) is 3.33. The van der Waals surface area contributed by atoms with Gasteiger partial charge in [-0.3, -0.25) is 0 Å². The maximum atomic E-state index is 13.5. The van der Waals surface area contributed by atoms with E-state index in [9.17, 15) is 9.50 Å². The van der Waals surface area contributed by atoms with E-state index in [-0.39, 0.29) is 23.4 Å². The van der Waals surface area contributed by atoms with E-state index in [0.717, 1.165) is 29.2 Å². The van der Waals surface area contributed by atoms with E-state index >= 15 is 0 Å². The monoisotopic (exact) mass is 449 g/mol. The lowest BCUT2D eigenvalue weighted by atomic mass is 9.76. The van der Waals surface area contributed by atoms with E-state index in [2.05, 4.69) is 29.2 Å². The van der Waals surface area contributed by atoms with E-state index in [1.54, 1.807) is 12.1 Å². The number of phenolic OH excluding ortho intramolecular Hbond substituents is 1. The summed E-state index contributed by atoms with van der Waals surface area (Å²) in [6.07, 6.45) is 2.66. The van der Waals surface area contributed by atoms with Crippen LogP contribution < -0.4 is 4.74 Å². The molecular formula is C27H28FNO2S. The van der Waals surface area contributed by atoms with Gasteiger partial charge in [0.1, 0.15) is 17.3 Å². The van der Waals surface area contributed by atoms with Crippen LogP contribution in [0.2, 0.25) is 0 Å². The first kappa shape index (κ1) is 21.4. The van der Waals surface area contributed by atoms with E-state index in [1.165, 1.54) is 48.5 Å². The molecule has 2 aliphatic heterocycles. The molecule has 0 spiro atoms. The van der Waals surface area contributed by atoms with Crippen molar-refractivity contribution in [1.29, 1.82) is 0 Å². The molecule has 0 saturated carbocycles. The molecule has 166 valence electrons. The van der Waals surface area contributed by atoms with Gasteiger partial charge in [-0.05, 0) is 67.4 Å². The zero-order valence-electron chi connectivity index (χ0n) is 18.0. The minimum atomic E-state index is -0.234. The highest BCUT2D eigenvalue weighted by Crippen LogP contribution is 2.47. The number of likely N-dealkylation sites (tertiary alicyclic amines) is 1. The summed E-state index contributed by atoms with van der Waals surface area (Å²) in [7, 11) is 0. The van der Waals surface area contributed by atoms with E-state index in [1.807, 2.05) is 30.0 Å². The van der Waals surface area contributed by atoms with Crippen LogP contribution in [-0.4, -0.2) is 42.0 Å². The predicted octanol–water partition coefficient (Wildman–Crippen LogP) is 6.03. The fraction of sp³-hybridized carbons (Fsp3) is 0.333. The van der Waals surface area contributed by atoms with Gasteiger partial charge in [-0.2, -0.15) is 0 Å². The number of phenols is 1. The molecule has 1 saturated heterocycles. The second-order valence-electron chi connectivity index (χ2n) is 8.64. The molecule has 0 aromatic heterocycles. The van der Waals surface area contributed by atoms with Crippen molar-refractivity contribution in [2.45, 2.75) is 29.6 Å². The Morgan fingerprint density at radius 2 is 1.66 bits per heavy atom. The zero-order valence-corrected chi connectivity index (χ0v) is 18.9. The first-order valence-electron chi connectivity index (χ1n) is 11.3. The van der Waals surface area contributed by atoms with Crippen molar-refractivity contribution in [1.82, 2.24) is 4.90 Å². The summed E-state index contributed by atoms with van der Waals surface area (Å²) in [5, 5.41) is 9.93. The van der Waals surface area contributed by atoms with E-state index in [4.69, 9.17) is 4.74 Å². The minimum Gasteiger partial charge on any atom is -0.508 e. The van der Waals surface area contributed by atoms with Crippen LogP contribution in [0.1, 0.15) is 41.4 Å². The third-order valence-corrected chi connectivity index (χ3v) is 7.56. The number of halogens is 1. The lowest BCUT2D eigenvalue weighted by Gasteiger charge is -2.34. The number of benzene rings is 3. The highest BCUT2D eigenvalue weighted by molar-refractivity contribution is 7.99. The molecule has 1 N–H and O–H groups in total. The van der Waals surface area contributed by atoms with E-state index in [0.29, 0.717) is 6.61 Å². The molecule has 32 heavy (non-hydrogen) atoms. The molecule has 2 heterocycles. The summed E-state index contributed by atoms with van der Waals surface area (Å²) < 4.78 is 19.6. The maximum Gasteiger partial charge on any atom is 0.126 e. The van der Waals surface area contributed by atoms with Crippen LogP contribution in [0.25, 0.3) is 0 Å². The number of nitrogens with zero attached hydrogens (tertiary/aromatic N) is 1. The smallest absolute Gasteiger partial charge is 0.126 e. The van der Waals surface area contributed by atoms with Crippen molar-refractivity contribution in [2.75, 3.05) is 32.0 Å². The summed E-state index contributed by atoms with van der Waals surface area (Å²) in [4.78, 5) is 3.83. The van der Waals surface area contributed by atoms with Gasteiger partial charge in [-0.1, -0.05) is 30.3 Å². The number of ether oxygens (including phenoxy) is 1. The van der Waals surface area contributed by atoms with Crippen molar-refractivity contribution in [3.8, 4) is 11.5 Å². The van der Waals surface area contributed by atoms with Crippen LogP contribution in [0, 0.1) is 5.82 Å². The summed E-state index contributed by atoms with van der Waals surface area (Å²) in [6, 6.07) is 20.9. The van der Waals surface area contributed by atoms with Crippen molar-refractivity contribution in [3.05, 3.63) is 89.2 Å².